The second-order valence-electron chi connectivity index (χ2n) is 5.80. The zero-order valence-electron chi connectivity index (χ0n) is 12.0. The molecule has 1 aromatic rings. The Kier molecular flexibility index (Phi) is 5.84. The fraction of sp³-hybridized carbons (Fsp3) is 0.647. The summed E-state index contributed by atoms with van der Waals surface area (Å²) in [5.74, 6) is 1.41. The molecule has 1 aliphatic carbocycles. The lowest BCUT2D eigenvalue weighted by molar-refractivity contribution is 0.240. The van der Waals surface area contributed by atoms with Gasteiger partial charge in [0.25, 0.3) is 0 Å². The lowest BCUT2D eigenvalue weighted by Crippen LogP contribution is -2.31. The van der Waals surface area contributed by atoms with Crippen molar-refractivity contribution in [1.29, 1.82) is 0 Å². The Balaban J connectivity index is 1.97. The number of benzene rings is 1. The second kappa shape index (κ2) is 7.64. The topological polar surface area (TPSA) is 12.0 Å². The molecular formula is C17H26FN. The quantitative estimate of drug-likeness (QED) is 0.812. The summed E-state index contributed by atoms with van der Waals surface area (Å²) in [5.41, 5.74) is 1.27. The van der Waals surface area contributed by atoms with E-state index >= 15 is 0 Å². The van der Waals surface area contributed by atoms with Crippen LogP contribution in [0.4, 0.5) is 4.39 Å². The van der Waals surface area contributed by atoms with E-state index in [1.807, 2.05) is 12.1 Å². The van der Waals surface area contributed by atoms with Crippen molar-refractivity contribution in [2.45, 2.75) is 45.4 Å². The minimum Gasteiger partial charge on any atom is -0.317 e. The van der Waals surface area contributed by atoms with Crippen molar-refractivity contribution < 1.29 is 4.39 Å². The molecule has 2 heteroatoms. The normalized spacial score (nSPS) is 18.4. The van der Waals surface area contributed by atoms with Crippen molar-refractivity contribution in [2.75, 3.05) is 13.1 Å². The van der Waals surface area contributed by atoms with E-state index in [1.54, 1.807) is 12.1 Å². The van der Waals surface area contributed by atoms with Crippen LogP contribution in [0.15, 0.2) is 24.3 Å². The fourth-order valence-electron chi connectivity index (χ4n) is 3.26. The highest BCUT2D eigenvalue weighted by Gasteiger charge is 2.23. The molecular weight excluding hydrogens is 237 g/mol. The standard InChI is InChI=1S/C17H26FN/c1-2-19-13-16(15-6-4-3-5-7-15)12-14-8-10-17(18)11-9-14/h8-11,15-16,19H,2-7,12-13H2,1H3. The van der Waals surface area contributed by atoms with E-state index in [0.717, 1.165) is 25.4 Å². The van der Waals surface area contributed by atoms with E-state index in [-0.39, 0.29) is 5.82 Å². The smallest absolute Gasteiger partial charge is 0.123 e. The van der Waals surface area contributed by atoms with Gasteiger partial charge < -0.3 is 5.32 Å². The number of hydrogen-bond donors (Lipinski definition) is 1. The molecule has 0 aromatic heterocycles. The van der Waals surface area contributed by atoms with Gasteiger partial charge in [0.15, 0.2) is 0 Å². The van der Waals surface area contributed by atoms with Gasteiger partial charge in [-0.2, -0.15) is 0 Å². The Hall–Kier alpha value is -0.890. The Morgan fingerprint density at radius 1 is 1.16 bits per heavy atom. The third kappa shape index (κ3) is 4.61. The summed E-state index contributed by atoms with van der Waals surface area (Å²) in [6.45, 7) is 4.29. The molecule has 19 heavy (non-hydrogen) atoms. The van der Waals surface area contributed by atoms with E-state index < -0.39 is 0 Å². The maximum absolute atomic E-state index is 13.0. The highest BCUT2D eigenvalue weighted by Crippen LogP contribution is 2.31. The molecule has 0 bridgehead atoms. The van der Waals surface area contributed by atoms with E-state index in [9.17, 15) is 4.39 Å². The molecule has 0 amide bonds. The Labute approximate surface area is 116 Å². The van der Waals surface area contributed by atoms with Crippen LogP contribution in [0, 0.1) is 17.7 Å². The maximum atomic E-state index is 13.0. The molecule has 1 aliphatic rings. The summed E-state index contributed by atoms with van der Waals surface area (Å²) in [7, 11) is 0. The summed E-state index contributed by atoms with van der Waals surface area (Å²) >= 11 is 0. The Bertz CT molecular complexity index is 354. The van der Waals surface area contributed by atoms with Crippen LogP contribution in [0.1, 0.15) is 44.6 Å². The number of nitrogens with one attached hydrogen (secondary N) is 1. The summed E-state index contributed by atoms with van der Waals surface area (Å²) in [4.78, 5) is 0. The Morgan fingerprint density at radius 3 is 2.47 bits per heavy atom. The van der Waals surface area contributed by atoms with Crippen LogP contribution < -0.4 is 5.32 Å². The molecule has 1 unspecified atom stereocenters. The van der Waals surface area contributed by atoms with Gasteiger partial charge in [0, 0.05) is 0 Å². The summed E-state index contributed by atoms with van der Waals surface area (Å²) in [6, 6.07) is 7.05. The molecule has 1 nitrogen and oxygen atoms in total. The summed E-state index contributed by atoms with van der Waals surface area (Å²) in [6.07, 6.45) is 8.00. The molecule has 1 aromatic carbocycles. The van der Waals surface area contributed by atoms with Crippen LogP contribution in [0.3, 0.4) is 0 Å². The van der Waals surface area contributed by atoms with Gasteiger partial charge in [-0.3, -0.25) is 0 Å². The molecule has 0 heterocycles. The molecule has 0 spiro atoms. The van der Waals surface area contributed by atoms with Crippen LogP contribution in [0.5, 0.6) is 0 Å². The third-order valence-corrected chi connectivity index (χ3v) is 4.38. The van der Waals surface area contributed by atoms with Crippen molar-refractivity contribution in [2.24, 2.45) is 11.8 Å². The van der Waals surface area contributed by atoms with Gasteiger partial charge in [-0.1, -0.05) is 51.2 Å². The first-order valence-electron chi connectivity index (χ1n) is 7.74. The zero-order chi connectivity index (χ0) is 13.5. The average molecular weight is 263 g/mol. The maximum Gasteiger partial charge on any atom is 0.123 e. The van der Waals surface area contributed by atoms with E-state index in [1.165, 1.54) is 37.7 Å². The first-order valence-corrected chi connectivity index (χ1v) is 7.74. The van der Waals surface area contributed by atoms with Gasteiger partial charge in [0.2, 0.25) is 0 Å². The predicted molar refractivity (Wildman–Crippen MR) is 78.7 cm³/mol. The minimum absolute atomic E-state index is 0.135. The average Bonchev–Trinajstić information content (AvgIpc) is 2.46. The monoisotopic (exact) mass is 263 g/mol. The highest BCUT2D eigenvalue weighted by atomic mass is 19.1. The van der Waals surface area contributed by atoms with E-state index in [2.05, 4.69) is 12.2 Å². The number of rotatable bonds is 6. The van der Waals surface area contributed by atoms with Crippen molar-refractivity contribution in [3.05, 3.63) is 35.6 Å². The van der Waals surface area contributed by atoms with Crippen molar-refractivity contribution in [1.82, 2.24) is 5.32 Å². The molecule has 0 radical (unpaired) electrons. The zero-order valence-corrected chi connectivity index (χ0v) is 12.0. The molecule has 0 saturated heterocycles. The van der Waals surface area contributed by atoms with Crippen LogP contribution in [0.25, 0.3) is 0 Å². The fourth-order valence-corrected chi connectivity index (χ4v) is 3.26. The molecule has 1 atom stereocenters. The van der Waals surface area contributed by atoms with Gasteiger partial charge in [0.1, 0.15) is 5.82 Å². The number of hydrogen-bond acceptors (Lipinski definition) is 1. The summed E-state index contributed by atoms with van der Waals surface area (Å²) < 4.78 is 13.0. The number of halogens is 1. The van der Waals surface area contributed by atoms with Crippen LogP contribution in [-0.4, -0.2) is 13.1 Å². The molecule has 2 rings (SSSR count). The SMILES string of the molecule is CCNCC(Cc1ccc(F)cc1)C1CCCCC1. The van der Waals surface area contributed by atoms with Crippen molar-refractivity contribution >= 4 is 0 Å². The summed E-state index contributed by atoms with van der Waals surface area (Å²) in [5, 5.41) is 3.50. The first-order chi connectivity index (χ1) is 9.29. The lowest BCUT2D eigenvalue weighted by Gasteiger charge is -2.30. The lowest BCUT2D eigenvalue weighted by atomic mass is 9.77. The van der Waals surface area contributed by atoms with E-state index in [0.29, 0.717) is 5.92 Å². The van der Waals surface area contributed by atoms with Crippen molar-refractivity contribution in [3.8, 4) is 0 Å². The van der Waals surface area contributed by atoms with Gasteiger partial charge in [-0.05, 0) is 49.0 Å². The Morgan fingerprint density at radius 2 is 1.84 bits per heavy atom. The minimum atomic E-state index is -0.135. The predicted octanol–water partition coefficient (Wildman–Crippen LogP) is 4.17. The first kappa shape index (κ1) is 14.5. The largest absolute Gasteiger partial charge is 0.317 e. The van der Waals surface area contributed by atoms with Gasteiger partial charge in [-0.15, -0.1) is 0 Å². The van der Waals surface area contributed by atoms with Gasteiger partial charge >= 0.3 is 0 Å². The van der Waals surface area contributed by atoms with Crippen LogP contribution in [0.2, 0.25) is 0 Å². The van der Waals surface area contributed by atoms with Gasteiger partial charge in [-0.25, -0.2) is 4.39 Å². The molecule has 1 fully saturated rings. The second-order valence-corrected chi connectivity index (χ2v) is 5.80. The molecule has 1 saturated carbocycles. The van der Waals surface area contributed by atoms with Crippen LogP contribution in [-0.2, 0) is 6.42 Å². The van der Waals surface area contributed by atoms with Crippen molar-refractivity contribution in [3.63, 3.8) is 0 Å². The molecule has 0 aliphatic heterocycles. The molecule has 1 N–H and O–H groups in total. The highest BCUT2D eigenvalue weighted by molar-refractivity contribution is 5.16. The van der Waals surface area contributed by atoms with E-state index in [4.69, 9.17) is 0 Å². The van der Waals surface area contributed by atoms with Crippen LogP contribution >= 0.6 is 0 Å². The third-order valence-electron chi connectivity index (χ3n) is 4.38. The molecule has 106 valence electrons. The van der Waals surface area contributed by atoms with Gasteiger partial charge in [0.05, 0.1) is 0 Å².